The first-order chi connectivity index (χ1) is 15.9. The van der Waals surface area contributed by atoms with E-state index in [9.17, 15) is 14.4 Å². The van der Waals surface area contributed by atoms with Crippen molar-refractivity contribution in [1.82, 2.24) is 20.4 Å². The molecule has 1 atom stereocenters. The minimum Gasteiger partial charge on any atom is -0.334 e. The molecule has 3 amide bonds. The molecule has 0 saturated carbocycles. The molecule has 2 aliphatic rings. The Bertz CT molecular complexity index is 1290. The molecule has 2 aromatic carbocycles. The van der Waals surface area contributed by atoms with Crippen molar-refractivity contribution < 1.29 is 18.9 Å². The maximum atomic E-state index is 12.8. The summed E-state index contributed by atoms with van der Waals surface area (Å²) in [6.07, 6.45) is 0.564. The number of rotatable bonds is 5. The molecule has 0 aliphatic carbocycles. The number of imide groups is 1. The first-order valence-electron chi connectivity index (χ1n) is 10.5. The lowest BCUT2D eigenvalue weighted by Gasteiger charge is -2.29. The van der Waals surface area contributed by atoms with Gasteiger partial charge in [-0.3, -0.25) is 19.7 Å². The summed E-state index contributed by atoms with van der Waals surface area (Å²) in [4.78, 5) is 42.3. The van der Waals surface area contributed by atoms with E-state index < -0.39 is 11.9 Å². The summed E-state index contributed by atoms with van der Waals surface area (Å²) in [5.41, 5.74) is 4.04. The number of anilines is 1. The summed E-state index contributed by atoms with van der Waals surface area (Å²) in [5, 5.41) is 9.93. The Balaban J connectivity index is 1.26. The van der Waals surface area contributed by atoms with Gasteiger partial charge in [-0.25, -0.2) is 0 Å². The lowest BCUT2D eigenvalue weighted by molar-refractivity contribution is -0.136. The Morgan fingerprint density at radius 3 is 2.79 bits per heavy atom. The predicted octanol–water partition coefficient (Wildman–Crippen LogP) is 3.07. The van der Waals surface area contributed by atoms with E-state index in [2.05, 4.69) is 20.8 Å². The Morgan fingerprint density at radius 2 is 2.00 bits per heavy atom. The Hall–Kier alpha value is -3.72. The molecule has 3 aromatic rings. The van der Waals surface area contributed by atoms with Gasteiger partial charge < -0.3 is 14.7 Å². The van der Waals surface area contributed by atoms with Crippen molar-refractivity contribution in [3.05, 3.63) is 63.7 Å². The summed E-state index contributed by atoms with van der Waals surface area (Å²) in [6.45, 7) is 2.68. The summed E-state index contributed by atoms with van der Waals surface area (Å²) in [5.74, 6) is -0.532. The third-order valence-electron chi connectivity index (χ3n) is 5.82. The molecule has 5 rings (SSSR count). The number of fused-ring (bicyclic) bond motifs is 1. The van der Waals surface area contributed by atoms with Crippen LogP contribution in [0.2, 0.25) is 5.02 Å². The van der Waals surface area contributed by atoms with Gasteiger partial charge in [0, 0.05) is 30.6 Å². The number of hydrogen-bond acceptors (Lipinski definition) is 7. The number of carbonyl (C=O) groups excluding carboxylic acids is 3. The van der Waals surface area contributed by atoms with Crippen molar-refractivity contribution in [1.29, 1.82) is 0 Å². The van der Waals surface area contributed by atoms with Crippen LogP contribution in [0.15, 0.2) is 40.9 Å². The van der Waals surface area contributed by atoms with Crippen molar-refractivity contribution in [2.75, 3.05) is 5.32 Å². The number of carbonyl (C=O) groups is 3. The van der Waals surface area contributed by atoms with E-state index in [0.29, 0.717) is 41.5 Å². The van der Waals surface area contributed by atoms with Crippen LogP contribution >= 0.6 is 11.6 Å². The van der Waals surface area contributed by atoms with Crippen LogP contribution in [-0.4, -0.2) is 38.8 Å². The zero-order chi connectivity index (χ0) is 23.1. The Morgan fingerprint density at radius 1 is 1.18 bits per heavy atom. The summed E-state index contributed by atoms with van der Waals surface area (Å²) < 4.78 is 5.29. The van der Waals surface area contributed by atoms with Crippen molar-refractivity contribution in [3.8, 4) is 11.4 Å². The van der Waals surface area contributed by atoms with E-state index in [-0.39, 0.29) is 24.2 Å². The number of piperidine rings is 1. The Labute approximate surface area is 194 Å². The first-order valence-corrected chi connectivity index (χ1v) is 10.9. The van der Waals surface area contributed by atoms with Crippen LogP contribution in [0.1, 0.15) is 39.9 Å². The van der Waals surface area contributed by atoms with E-state index >= 15 is 0 Å². The second-order valence-electron chi connectivity index (χ2n) is 8.15. The molecule has 1 saturated heterocycles. The van der Waals surface area contributed by atoms with E-state index in [1.54, 1.807) is 6.07 Å². The lowest BCUT2D eigenvalue weighted by atomic mass is 10.0. The molecule has 0 spiro atoms. The molecule has 33 heavy (non-hydrogen) atoms. The van der Waals surface area contributed by atoms with Gasteiger partial charge in [-0.2, -0.15) is 4.98 Å². The van der Waals surface area contributed by atoms with Crippen LogP contribution in [0.3, 0.4) is 0 Å². The van der Waals surface area contributed by atoms with Crippen molar-refractivity contribution >= 4 is 35.3 Å². The molecule has 1 unspecified atom stereocenters. The number of nitrogens with one attached hydrogen (secondary N) is 2. The van der Waals surface area contributed by atoms with Crippen LogP contribution in [0.4, 0.5) is 6.01 Å². The van der Waals surface area contributed by atoms with Gasteiger partial charge in [0.1, 0.15) is 6.04 Å². The number of aromatic nitrogens is 2. The van der Waals surface area contributed by atoms with Gasteiger partial charge >= 0.3 is 6.01 Å². The van der Waals surface area contributed by atoms with Gasteiger partial charge in [0.15, 0.2) is 0 Å². The minimum atomic E-state index is -0.630. The standard InChI is InChI=1S/C23H20ClN5O4/c1-12-2-4-16(17(24)8-12)20-27-23(33-28-20)25-10-13-3-5-15-14(9-13)11-29(22(15)32)18-6-7-19(30)26-21(18)31/h2-5,8-9,18H,6-7,10-11H2,1H3,(H,25,27,28)(H,26,30,31). The highest BCUT2D eigenvalue weighted by Gasteiger charge is 2.39. The van der Waals surface area contributed by atoms with Crippen LogP contribution in [-0.2, 0) is 22.7 Å². The number of benzene rings is 2. The predicted molar refractivity (Wildman–Crippen MR) is 119 cm³/mol. The number of amides is 3. The molecular formula is C23H20ClN5O4. The zero-order valence-electron chi connectivity index (χ0n) is 17.7. The monoisotopic (exact) mass is 465 g/mol. The number of halogens is 1. The average molecular weight is 466 g/mol. The third-order valence-corrected chi connectivity index (χ3v) is 6.14. The fourth-order valence-corrected chi connectivity index (χ4v) is 4.44. The molecule has 0 radical (unpaired) electrons. The summed E-state index contributed by atoms with van der Waals surface area (Å²) in [7, 11) is 0. The molecule has 0 bridgehead atoms. The van der Waals surface area contributed by atoms with Crippen LogP contribution < -0.4 is 10.6 Å². The highest BCUT2D eigenvalue weighted by molar-refractivity contribution is 6.33. The van der Waals surface area contributed by atoms with E-state index in [1.807, 2.05) is 37.3 Å². The largest absolute Gasteiger partial charge is 0.334 e. The quantitative estimate of drug-likeness (QED) is 0.556. The van der Waals surface area contributed by atoms with E-state index in [4.69, 9.17) is 16.1 Å². The van der Waals surface area contributed by atoms with Crippen molar-refractivity contribution in [3.63, 3.8) is 0 Å². The second kappa shape index (κ2) is 8.32. The Kier molecular flexibility index (Phi) is 5.33. The van der Waals surface area contributed by atoms with Gasteiger partial charge in [-0.1, -0.05) is 35.0 Å². The van der Waals surface area contributed by atoms with Gasteiger partial charge in [0.25, 0.3) is 5.91 Å². The normalized spacial score (nSPS) is 17.8. The molecule has 2 aliphatic heterocycles. The summed E-state index contributed by atoms with van der Waals surface area (Å²) >= 11 is 6.28. The number of aryl methyl sites for hydroxylation is 1. The zero-order valence-corrected chi connectivity index (χ0v) is 18.5. The van der Waals surface area contributed by atoms with Gasteiger partial charge in [0.2, 0.25) is 17.6 Å². The SMILES string of the molecule is Cc1ccc(-c2noc(NCc3ccc4c(c3)CN(C3CCC(=O)NC3=O)C4=O)n2)c(Cl)c1. The van der Waals surface area contributed by atoms with E-state index in [0.717, 1.165) is 16.7 Å². The van der Waals surface area contributed by atoms with Gasteiger partial charge in [-0.15, -0.1) is 0 Å². The first kappa shape index (κ1) is 21.1. The van der Waals surface area contributed by atoms with Crippen molar-refractivity contribution in [2.45, 2.75) is 38.9 Å². The smallest absolute Gasteiger partial charge is 0.322 e. The molecule has 2 N–H and O–H groups in total. The summed E-state index contributed by atoms with van der Waals surface area (Å²) in [6, 6.07) is 10.7. The van der Waals surface area contributed by atoms with Crippen LogP contribution in [0.5, 0.6) is 0 Å². The lowest BCUT2D eigenvalue weighted by Crippen LogP contribution is -2.52. The molecule has 10 heteroatoms. The van der Waals surface area contributed by atoms with Gasteiger partial charge in [-0.05, 0) is 48.2 Å². The number of nitrogens with zero attached hydrogens (tertiary/aromatic N) is 3. The van der Waals surface area contributed by atoms with Crippen LogP contribution in [0, 0.1) is 6.92 Å². The fourth-order valence-electron chi connectivity index (χ4n) is 4.12. The maximum Gasteiger partial charge on any atom is 0.322 e. The fraction of sp³-hybridized carbons (Fsp3) is 0.261. The third kappa shape index (κ3) is 4.07. The highest BCUT2D eigenvalue weighted by Crippen LogP contribution is 2.29. The maximum absolute atomic E-state index is 12.8. The minimum absolute atomic E-state index is 0.199. The second-order valence-corrected chi connectivity index (χ2v) is 8.56. The number of hydrogen-bond donors (Lipinski definition) is 2. The molecule has 9 nitrogen and oxygen atoms in total. The molecule has 168 valence electrons. The molecule has 1 fully saturated rings. The highest BCUT2D eigenvalue weighted by atomic mass is 35.5. The van der Waals surface area contributed by atoms with Gasteiger partial charge in [0.05, 0.1) is 5.02 Å². The topological polar surface area (TPSA) is 117 Å². The molecule has 3 heterocycles. The van der Waals surface area contributed by atoms with Crippen molar-refractivity contribution in [2.24, 2.45) is 0 Å². The van der Waals surface area contributed by atoms with Crippen LogP contribution in [0.25, 0.3) is 11.4 Å². The molecular weight excluding hydrogens is 446 g/mol. The van der Waals surface area contributed by atoms with E-state index in [1.165, 1.54) is 4.90 Å². The molecule has 1 aromatic heterocycles. The average Bonchev–Trinajstić information content (AvgIpc) is 3.37.